The maximum Gasteiger partial charge on any atom is 0.152 e. The fourth-order valence-electron chi connectivity index (χ4n) is 1.15. The number of nitrogens with zero attached hydrogens (tertiary/aromatic N) is 3. The Bertz CT molecular complexity index is 455. The topological polar surface area (TPSA) is 39.9 Å². The van der Waals surface area contributed by atoms with Gasteiger partial charge in [0.15, 0.2) is 5.75 Å². The van der Waals surface area contributed by atoms with Crippen molar-refractivity contribution in [3.8, 4) is 5.75 Å². The molecule has 2 aromatic rings. The first-order chi connectivity index (χ1) is 7.27. The molecular formula is C10H10BrN3O. The van der Waals surface area contributed by atoms with E-state index in [-0.39, 0.29) is 0 Å². The number of ether oxygens (including phenoxy) is 1. The first kappa shape index (κ1) is 10.2. The molecule has 0 aliphatic heterocycles. The number of pyridine rings is 1. The molecule has 0 radical (unpaired) electrons. The lowest BCUT2D eigenvalue weighted by Gasteiger charge is -2.07. The molecule has 0 aliphatic carbocycles. The fraction of sp³-hybridized carbons (Fsp3) is 0.200. The van der Waals surface area contributed by atoms with Crippen molar-refractivity contribution in [3.05, 3.63) is 41.2 Å². The predicted molar refractivity (Wildman–Crippen MR) is 59.5 cm³/mol. The maximum atomic E-state index is 5.59. The van der Waals surface area contributed by atoms with Gasteiger partial charge >= 0.3 is 0 Å². The van der Waals surface area contributed by atoms with Gasteiger partial charge in [0.05, 0.1) is 18.2 Å². The van der Waals surface area contributed by atoms with Crippen LogP contribution in [0, 0.1) is 0 Å². The molecule has 0 atom stereocenters. The highest BCUT2D eigenvalue weighted by molar-refractivity contribution is 9.10. The van der Waals surface area contributed by atoms with Gasteiger partial charge in [0.1, 0.15) is 11.2 Å². The van der Waals surface area contributed by atoms with Crippen molar-refractivity contribution in [1.29, 1.82) is 0 Å². The second-order valence-electron chi connectivity index (χ2n) is 3.08. The largest absolute Gasteiger partial charge is 0.484 e. The van der Waals surface area contributed by atoms with Crippen molar-refractivity contribution in [2.45, 2.75) is 6.61 Å². The van der Waals surface area contributed by atoms with Crippen LogP contribution in [0.1, 0.15) is 5.69 Å². The average molecular weight is 268 g/mol. The number of hydrogen-bond donors (Lipinski definition) is 0. The molecule has 4 nitrogen and oxygen atoms in total. The third-order valence-corrected chi connectivity index (χ3v) is 2.61. The molecule has 0 saturated heterocycles. The fourth-order valence-corrected chi connectivity index (χ4v) is 1.52. The van der Waals surface area contributed by atoms with Crippen LogP contribution >= 0.6 is 15.9 Å². The molecule has 15 heavy (non-hydrogen) atoms. The van der Waals surface area contributed by atoms with Crippen LogP contribution in [0.15, 0.2) is 35.5 Å². The van der Waals surface area contributed by atoms with Crippen molar-refractivity contribution >= 4 is 15.9 Å². The SMILES string of the molecule is Cn1cncc1COc1cccnc1Br. The summed E-state index contributed by atoms with van der Waals surface area (Å²) in [5.74, 6) is 0.735. The van der Waals surface area contributed by atoms with Crippen LogP contribution in [0.3, 0.4) is 0 Å². The molecule has 0 spiro atoms. The normalized spacial score (nSPS) is 10.3. The molecular weight excluding hydrogens is 258 g/mol. The molecule has 2 rings (SSSR count). The van der Waals surface area contributed by atoms with E-state index in [2.05, 4.69) is 25.9 Å². The second kappa shape index (κ2) is 4.44. The number of aromatic nitrogens is 3. The van der Waals surface area contributed by atoms with Gasteiger partial charge in [-0.25, -0.2) is 9.97 Å². The maximum absolute atomic E-state index is 5.59. The highest BCUT2D eigenvalue weighted by Crippen LogP contribution is 2.21. The zero-order valence-corrected chi connectivity index (χ0v) is 9.81. The minimum Gasteiger partial charge on any atom is -0.484 e. The first-order valence-electron chi connectivity index (χ1n) is 4.46. The average Bonchev–Trinajstić information content (AvgIpc) is 2.63. The highest BCUT2D eigenvalue weighted by Gasteiger charge is 2.03. The van der Waals surface area contributed by atoms with Crippen molar-refractivity contribution in [2.24, 2.45) is 7.05 Å². The Hall–Kier alpha value is -1.36. The molecule has 0 saturated carbocycles. The highest BCUT2D eigenvalue weighted by atomic mass is 79.9. The van der Waals surface area contributed by atoms with Gasteiger partial charge < -0.3 is 9.30 Å². The van der Waals surface area contributed by atoms with E-state index in [0.717, 1.165) is 11.4 Å². The molecule has 0 fully saturated rings. The van der Waals surface area contributed by atoms with Crippen LogP contribution in [-0.4, -0.2) is 14.5 Å². The van der Waals surface area contributed by atoms with E-state index in [1.165, 1.54) is 0 Å². The Kier molecular flexibility index (Phi) is 3.01. The lowest BCUT2D eigenvalue weighted by atomic mass is 10.4. The Labute approximate surface area is 96.1 Å². The van der Waals surface area contributed by atoms with Gasteiger partial charge in [-0.1, -0.05) is 0 Å². The molecule has 0 aromatic carbocycles. The van der Waals surface area contributed by atoms with Crippen LogP contribution in [0.25, 0.3) is 0 Å². The van der Waals surface area contributed by atoms with E-state index in [0.29, 0.717) is 11.2 Å². The van der Waals surface area contributed by atoms with Gasteiger partial charge in [-0.2, -0.15) is 0 Å². The molecule has 2 aromatic heterocycles. The molecule has 2 heterocycles. The molecule has 0 N–H and O–H groups in total. The van der Waals surface area contributed by atoms with Crippen LogP contribution in [-0.2, 0) is 13.7 Å². The van der Waals surface area contributed by atoms with Gasteiger partial charge in [0.2, 0.25) is 0 Å². The lowest BCUT2D eigenvalue weighted by molar-refractivity contribution is 0.294. The molecule has 0 amide bonds. The van der Waals surface area contributed by atoms with Crippen molar-refractivity contribution in [1.82, 2.24) is 14.5 Å². The van der Waals surface area contributed by atoms with Gasteiger partial charge in [-0.15, -0.1) is 0 Å². The standard InChI is InChI=1S/C10H10BrN3O/c1-14-7-12-5-8(14)6-15-9-3-2-4-13-10(9)11/h2-5,7H,6H2,1H3. The summed E-state index contributed by atoms with van der Waals surface area (Å²) in [4.78, 5) is 8.08. The minimum atomic E-state index is 0.487. The monoisotopic (exact) mass is 267 g/mol. The number of rotatable bonds is 3. The van der Waals surface area contributed by atoms with Crippen LogP contribution in [0.2, 0.25) is 0 Å². The number of imidazole rings is 1. The first-order valence-corrected chi connectivity index (χ1v) is 5.25. The number of halogens is 1. The van der Waals surface area contributed by atoms with E-state index in [9.17, 15) is 0 Å². The summed E-state index contributed by atoms with van der Waals surface area (Å²) in [5.41, 5.74) is 1.02. The predicted octanol–water partition coefficient (Wildman–Crippen LogP) is 2.16. The van der Waals surface area contributed by atoms with Crippen LogP contribution in [0.4, 0.5) is 0 Å². The van der Waals surface area contributed by atoms with Crippen molar-refractivity contribution in [2.75, 3.05) is 0 Å². The Morgan fingerprint density at radius 2 is 2.40 bits per heavy atom. The third-order valence-electron chi connectivity index (χ3n) is 2.02. The molecule has 0 aliphatic rings. The summed E-state index contributed by atoms with van der Waals surface area (Å²) in [5, 5.41) is 0. The zero-order valence-electron chi connectivity index (χ0n) is 8.22. The molecule has 0 unspecified atom stereocenters. The lowest BCUT2D eigenvalue weighted by Crippen LogP contribution is -2.01. The second-order valence-corrected chi connectivity index (χ2v) is 3.83. The van der Waals surface area contributed by atoms with Crippen LogP contribution in [0.5, 0.6) is 5.75 Å². The summed E-state index contributed by atoms with van der Waals surface area (Å²) in [7, 11) is 1.93. The molecule has 5 heteroatoms. The summed E-state index contributed by atoms with van der Waals surface area (Å²) < 4.78 is 8.23. The quantitative estimate of drug-likeness (QED) is 0.801. The molecule has 78 valence electrons. The van der Waals surface area contributed by atoms with E-state index >= 15 is 0 Å². The van der Waals surface area contributed by atoms with Gasteiger partial charge in [-0.05, 0) is 28.1 Å². The van der Waals surface area contributed by atoms with E-state index in [4.69, 9.17) is 4.74 Å². The summed E-state index contributed by atoms with van der Waals surface area (Å²) >= 11 is 3.32. The van der Waals surface area contributed by atoms with E-state index in [1.807, 2.05) is 23.7 Å². The van der Waals surface area contributed by atoms with Gasteiger partial charge in [0.25, 0.3) is 0 Å². The Morgan fingerprint density at radius 1 is 1.53 bits per heavy atom. The Morgan fingerprint density at radius 3 is 3.07 bits per heavy atom. The van der Waals surface area contributed by atoms with Crippen molar-refractivity contribution in [3.63, 3.8) is 0 Å². The number of hydrogen-bond acceptors (Lipinski definition) is 3. The minimum absolute atomic E-state index is 0.487. The molecule has 0 bridgehead atoms. The third kappa shape index (κ3) is 2.36. The Balaban J connectivity index is 2.06. The number of aryl methyl sites for hydroxylation is 1. The summed E-state index contributed by atoms with van der Waals surface area (Å²) in [6.45, 7) is 0.487. The summed E-state index contributed by atoms with van der Waals surface area (Å²) in [6.07, 6.45) is 5.24. The summed E-state index contributed by atoms with van der Waals surface area (Å²) in [6, 6.07) is 3.71. The van der Waals surface area contributed by atoms with Crippen LogP contribution < -0.4 is 4.74 Å². The smallest absolute Gasteiger partial charge is 0.152 e. The van der Waals surface area contributed by atoms with E-state index in [1.54, 1.807) is 18.7 Å². The van der Waals surface area contributed by atoms with Gasteiger partial charge in [-0.3, -0.25) is 0 Å². The van der Waals surface area contributed by atoms with E-state index < -0.39 is 0 Å². The van der Waals surface area contributed by atoms with Crippen molar-refractivity contribution < 1.29 is 4.74 Å². The zero-order chi connectivity index (χ0) is 10.7. The van der Waals surface area contributed by atoms with Gasteiger partial charge in [0, 0.05) is 13.2 Å².